The van der Waals surface area contributed by atoms with E-state index in [1.807, 2.05) is 19.1 Å². The number of hydrogen-bond acceptors (Lipinski definition) is 5. The van der Waals surface area contributed by atoms with Crippen LogP contribution >= 0.6 is 0 Å². The lowest BCUT2D eigenvalue weighted by Crippen LogP contribution is -2.36. The zero-order chi connectivity index (χ0) is 17.4. The van der Waals surface area contributed by atoms with Gasteiger partial charge in [0.1, 0.15) is 5.75 Å². The van der Waals surface area contributed by atoms with E-state index in [0.717, 1.165) is 18.4 Å². The van der Waals surface area contributed by atoms with Crippen molar-refractivity contribution in [2.24, 2.45) is 5.92 Å². The lowest BCUT2D eigenvalue weighted by molar-refractivity contribution is -0.123. The van der Waals surface area contributed by atoms with Crippen molar-refractivity contribution in [2.45, 2.75) is 46.1 Å². The Kier molecular flexibility index (Phi) is 6.78. The third-order valence-corrected chi connectivity index (χ3v) is 3.66. The monoisotopic (exact) mass is 331 g/mol. The molecular formula is C18H25N3O3. The molecule has 24 heavy (non-hydrogen) atoms. The van der Waals surface area contributed by atoms with Crippen molar-refractivity contribution >= 4 is 5.91 Å². The molecule has 130 valence electrons. The summed E-state index contributed by atoms with van der Waals surface area (Å²) in [4.78, 5) is 11.9. The van der Waals surface area contributed by atoms with E-state index in [2.05, 4.69) is 29.4 Å². The number of nitrogens with zero attached hydrogens (tertiary/aromatic N) is 2. The second-order valence-electron chi connectivity index (χ2n) is 6.35. The predicted octanol–water partition coefficient (Wildman–Crippen LogP) is 3.45. The van der Waals surface area contributed by atoms with Gasteiger partial charge < -0.3 is 14.5 Å². The molecule has 1 heterocycles. The van der Waals surface area contributed by atoms with Gasteiger partial charge in [0.2, 0.25) is 12.3 Å². The molecule has 0 spiro atoms. The van der Waals surface area contributed by atoms with E-state index in [4.69, 9.17) is 9.15 Å². The molecule has 2 aromatic rings. The number of amides is 1. The van der Waals surface area contributed by atoms with Crippen LogP contribution in [0.1, 0.15) is 40.0 Å². The predicted molar refractivity (Wildman–Crippen MR) is 91.5 cm³/mol. The molecule has 0 saturated carbocycles. The van der Waals surface area contributed by atoms with Crippen LogP contribution in [0, 0.1) is 5.92 Å². The summed E-state index contributed by atoms with van der Waals surface area (Å²) in [5.41, 5.74) is 0.808. The zero-order valence-electron chi connectivity index (χ0n) is 14.5. The van der Waals surface area contributed by atoms with E-state index in [9.17, 15) is 4.79 Å². The maximum atomic E-state index is 11.9. The fourth-order valence-electron chi connectivity index (χ4n) is 2.36. The van der Waals surface area contributed by atoms with Crippen LogP contribution in [0.25, 0.3) is 11.5 Å². The standard InChI is InChI=1S/C18H25N3O3/c1-13(2)5-4-6-14(3)20-17(22)11-23-16-9-7-15(8-10-16)18-21-19-12-24-18/h7-10,12-14H,4-6,11H2,1-3H3,(H,20,22). The largest absolute Gasteiger partial charge is 0.484 e. The SMILES string of the molecule is CC(C)CCCC(C)NC(=O)COc1ccc(-c2nnco2)cc1. The normalized spacial score (nSPS) is 12.2. The van der Waals surface area contributed by atoms with E-state index in [1.54, 1.807) is 12.1 Å². The van der Waals surface area contributed by atoms with Crippen LogP contribution in [-0.2, 0) is 4.79 Å². The van der Waals surface area contributed by atoms with Crippen LogP contribution in [0.5, 0.6) is 5.75 Å². The Morgan fingerprint density at radius 2 is 1.96 bits per heavy atom. The van der Waals surface area contributed by atoms with Gasteiger partial charge in [-0.1, -0.05) is 26.7 Å². The van der Waals surface area contributed by atoms with Crippen LogP contribution in [0.15, 0.2) is 35.1 Å². The van der Waals surface area contributed by atoms with Gasteiger partial charge in [0.05, 0.1) is 0 Å². The van der Waals surface area contributed by atoms with Gasteiger partial charge >= 0.3 is 0 Å². The lowest BCUT2D eigenvalue weighted by atomic mass is 10.0. The van der Waals surface area contributed by atoms with Crippen molar-refractivity contribution in [3.63, 3.8) is 0 Å². The van der Waals surface area contributed by atoms with E-state index >= 15 is 0 Å². The first-order valence-electron chi connectivity index (χ1n) is 8.33. The highest BCUT2D eigenvalue weighted by molar-refractivity contribution is 5.77. The van der Waals surface area contributed by atoms with E-state index in [0.29, 0.717) is 17.6 Å². The number of ether oxygens (including phenoxy) is 1. The van der Waals surface area contributed by atoms with E-state index < -0.39 is 0 Å². The number of carbonyl (C=O) groups is 1. The molecule has 0 fully saturated rings. The topological polar surface area (TPSA) is 77.2 Å². The molecule has 1 aromatic heterocycles. The molecule has 6 heteroatoms. The first-order valence-corrected chi connectivity index (χ1v) is 8.33. The Bertz CT molecular complexity index is 609. The minimum Gasteiger partial charge on any atom is -0.484 e. The van der Waals surface area contributed by atoms with Gasteiger partial charge in [-0.3, -0.25) is 4.79 Å². The Morgan fingerprint density at radius 3 is 2.58 bits per heavy atom. The van der Waals surface area contributed by atoms with Gasteiger partial charge in [0.25, 0.3) is 5.91 Å². The third-order valence-electron chi connectivity index (χ3n) is 3.66. The van der Waals surface area contributed by atoms with Crippen molar-refractivity contribution in [1.82, 2.24) is 15.5 Å². The highest BCUT2D eigenvalue weighted by Crippen LogP contribution is 2.20. The van der Waals surface area contributed by atoms with E-state index in [-0.39, 0.29) is 18.6 Å². The molecule has 0 aliphatic heterocycles. The maximum absolute atomic E-state index is 11.9. The quantitative estimate of drug-likeness (QED) is 0.761. The molecule has 0 aliphatic rings. The Morgan fingerprint density at radius 1 is 1.21 bits per heavy atom. The Labute approximate surface area is 142 Å². The number of nitrogens with one attached hydrogen (secondary N) is 1. The van der Waals surface area contributed by atoms with Crippen molar-refractivity contribution in [2.75, 3.05) is 6.61 Å². The minimum atomic E-state index is -0.104. The highest BCUT2D eigenvalue weighted by Gasteiger charge is 2.09. The van der Waals surface area contributed by atoms with E-state index in [1.165, 1.54) is 12.8 Å². The van der Waals surface area contributed by atoms with Crippen LogP contribution in [0.2, 0.25) is 0 Å². The summed E-state index contributed by atoms with van der Waals surface area (Å²) in [5, 5.41) is 10.4. The number of carbonyl (C=O) groups excluding carboxylic acids is 1. The average molecular weight is 331 g/mol. The van der Waals surface area contributed by atoms with Crippen LogP contribution in [0.3, 0.4) is 0 Å². The Balaban J connectivity index is 1.71. The summed E-state index contributed by atoms with van der Waals surface area (Å²) < 4.78 is 10.6. The number of benzene rings is 1. The molecule has 1 amide bonds. The third kappa shape index (κ3) is 6.02. The van der Waals surface area contributed by atoms with Gasteiger partial charge in [-0.05, 0) is 43.5 Å². The number of rotatable bonds is 9. The number of aromatic nitrogens is 2. The van der Waals surface area contributed by atoms with Crippen LogP contribution < -0.4 is 10.1 Å². The maximum Gasteiger partial charge on any atom is 0.258 e. The molecule has 1 N–H and O–H groups in total. The molecule has 2 rings (SSSR count). The molecule has 1 aromatic carbocycles. The molecule has 0 radical (unpaired) electrons. The molecule has 0 saturated heterocycles. The first kappa shape index (κ1) is 18.0. The summed E-state index contributed by atoms with van der Waals surface area (Å²) in [6, 6.07) is 7.35. The van der Waals surface area contributed by atoms with Gasteiger partial charge in [0, 0.05) is 11.6 Å². The first-order chi connectivity index (χ1) is 11.5. The molecule has 1 unspecified atom stereocenters. The van der Waals surface area contributed by atoms with Crippen molar-refractivity contribution in [1.29, 1.82) is 0 Å². The fraction of sp³-hybridized carbons (Fsp3) is 0.500. The molecule has 1 atom stereocenters. The second-order valence-corrected chi connectivity index (χ2v) is 6.35. The molecule has 0 bridgehead atoms. The zero-order valence-corrected chi connectivity index (χ0v) is 14.5. The van der Waals surface area contributed by atoms with Gasteiger partial charge in [-0.25, -0.2) is 0 Å². The summed E-state index contributed by atoms with van der Waals surface area (Å²) in [5.74, 6) is 1.68. The van der Waals surface area contributed by atoms with Crippen molar-refractivity contribution < 1.29 is 13.9 Å². The summed E-state index contributed by atoms with van der Waals surface area (Å²) in [6.45, 7) is 6.45. The number of hydrogen-bond donors (Lipinski definition) is 1. The summed E-state index contributed by atoms with van der Waals surface area (Å²) in [7, 11) is 0. The van der Waals surface area contributed by atoms with Gasteiger partial charge in [-0.2, -0.15) is 0 Å². The molecular weight excluding hydrogens is 306 g/mol. The fourth-order valence-corrected chi connectivity index (χ4v) is 2.36. The second kappa shape index (κ2) is 9.05. The van der Waals surface area contributed by atoms with Crippen LogP contribution in [0.4, 0.5) is 0 Å². The van der Waals surface area contributed by atoms with Crippen molar-refractivity contribution in [3.05, 3.63) is 30.7 Å². The lowest BCUT2D eigenvalue weighted by Gasteiger charge is -2.15. The molecule has 0 aliphatic carbocycles. The highest BCUT2D eigenvalue weighted by atomic mass is 16.5. The van der Waals surface area contributed by atoms with Gasteiger partial charge in [0.15, 0.2) is 6.61 Å². The molecule has 6 nitrogen and oxygen atoms in total. The smallest absolute Gasteiger partial charge is 0.258 e. The minimum absolute atomic E-state index is 0.00836. The van der Waals surface area contributed by atoms with Crippen molar-refractivity contribution in [3.8, 4) is 17.2 Å². The summed E-state index contributed by atoms with van der Waals surface area (Å²) in [6.07, 6.45) is 4.58. The average Bonchev–Trinajstić information content (AvgIpc) is 3.07. The summed E-state index contributed by atoms with van der Waals surface area (Å²) >= 11 is 0. The van der Waals surface area contributed by atoms with Crippen LogP contribution in [-0.4, -0.2) is 28.8 Å². The van der Waals surface area contributed by atoms with Gasteiger partial charge in [-0.15, -0.1) is 10.2 Å². The Hall–Kier alpha value is -2.37.